The molecule has 0 aromatic heterocycles. The standard InChI is InChI=1S/C14H29FN2O/c1-5-6-7-8-12(14(2,3)15)11-13(18)17-10-9-16-4/h12,16H,5-11H2,1-4H3,(H,17,18). The second kappa shape index (κ2) is 9.31. The largest absolute Gasteiger partial charge is 0.355 e. The normalized spacial score (nSPS) is 13.4. The lowest BCUT2D eigenvalue weighted by molar-refractivity contribution is -0.123. The molecular formula is C14H29FN2O. The number of amides is 1. The highest BCUT2D eigenvalue weighted by atomic mass is 19.1. The van der Waals surface area contributed by atoms with Gasteiger partial charge < -0.3 is 10.6 Å². The van der Waals surface area contributed by atoms with E-state index in [1.54, 1.807) is 13.8 Å². The average Bonchev–Trinajstić information content (AvgIpc) is 2.27. The molecule has 4 heteroatoms. The van der Waals surface area contributed by atoms with Gasteiger partial charge in [0.05, 0.1) is 0 Å². The van der Waals surface area contributed by atoms with Crippen LogP contribution in [0.1, 0.15) is 52.9 Å². The third-order valence-electron chi connectivity index (χ3n) is 3.26. The molecule has 0 bridgehead atoms. The van der Waals surface area contributed by atoms with E-state index in [2.05, 4.69) is 17.6 Å². The molecule has 0 aliphatic rings. The van der Waals surface area contributed by atoms with Gasteiger partial charge in [0.2, 0.25) is 5.91 Å². The second-order valence-corrected chi connectivity index (χ2v) is 5.41. The smallest absolute Gasteiger partial charge is 0.220 e. The van der Waals surface area contributed by atoms with Crippen LogP contribution in [-0.4, -0.2) is 31.7 Å². The SMILES string of the molecule is CCCCCC(CC(=O)NCCNC)C(C)(C)F. The molecule has 0 aliphatic heterocycles. The number of hydrogen-bond acceptors (Lipinski definition) is 2. The summed E-state index contributed by atoms with van der Waals surface area (Å²) in [4.78, 5) is 11.7. The highest BCUT2D eigenvalue weighted by molar-refractivity contribution is 5.76. The number of carbonyl (C=O) groups excluding carboxylic acids is 1. The number of rotatable bonds is 10. The van der Waals surface area contributed by atoms with E-state index in [1.807, 2.05) is 7.05 Å². The molecule has 108 valence electrons. The number of likely N-dealkylation sites (N-methyl/N-ethyl adjacent to an activating group) is 1. The first kappa shape index (κ1) is 17.4. The number of alkyl halides is 1. The Balaban J connectivity index is 4.11. The van der Waals surface area contributed by atoms with Gasteiger partial charge in [0.15, 0.2) is 0 Å². The summed E-state index contributed by atoms with van der Waals surface area (Å²) in [5, 5.41) is 5.77. The van der Waals surface area contributed by atoms with Gasteiger partial charge in [0.1, 0.15) is 5.67 Å². The lowest BCUT2D eigenvalue weighted by atomic mass is 9.85. The zero-order valence-corrected chi connectivity index (χ0v) is 12.3. The Morgan fingerprint density at radius 2 is 1.94 bits per heavy atom. The van der Waals surface area contributed by atoms with Crippen LogP contribution < -0.4 is 10.6 Å². The molecule has 0 radical (unpaired) electrons. The number of nitrogens with one attached hydrogen (secondary N) is 2. The molecule has 0 fully saturated rings. The lowest BCUT2D eigenvalue weighted by Gasteiger charge is -2.26. The zero-order valence-electron chi connectivity index (χ0n) is 12.3. The lowest BCUT2D eigenvalue weighted by Crippen LogP contribution is -2.35. The van der Waals surface area contributed by atoms with Crippen LogP contribution >= 0.6 is 0 Å². The fourth-order valence-electron chi connectivity index (χ4n) is 1.95. The molecule has 0 aliphatic carbocycles. The van der Waals surface area contributed by atoms with Crippen LogP contribution in [-0.2, 0) is 4.79 Å². The summed E-state index contributed by atoms with van der Waals surface area (Å²) >= 11 is 0. The first-order valence-electron chi connectivity index (χ1n) is 7.02. The van der Waals surface area contributed by atoms with Crippen LogP contribution in [0.3, 0.4) is 0 Å². The van der Waals surface area contributed by atoms with E-state index < -0.39 is 5.67 Å². The first-order valence-corrected chi connectivity index (χ1v) is 7.02. The van der Waals surface area contributed by atoms with Crippen molar-refractivity contribution in [3.63, 3.8) is 0 Å². The molecule has 0 heterocycles. The molecule has 0 aromatic rings. The Morgan fingerprint density at radius 3 is 2.44 bits per heavy atom. The molecule has 1 amide bonds. The zero-order chi connectivity index (χ0) is 14.0. The van der Waals surface area contributed by atoms with Gasteiger partial charge in [-0.15, -0.1) is 0 Å². The Hall–Kier alpha value is -0.640. The summed E-state index contributed by atoms with van der Waals surface area (Å²) in [7, 11) is 1.84. The van der Waals surface area contributed by atoms with Gasteiger partial charge in [-0.3, -0.25) is 4.79 Å². The third kappa shape index (κ3) is 8.45. The van der Waals surface area contributed by atoms with Crippen molar-refractivity contribution in [3.05, 3.63) is 0 Å². The molecule has 2 N–H and O–H groups in total. The van der Waals surface area contributed by atoms with Gasteiger partial charge >= 0.3 is 0 Å². The molecule has 0 rings (SSSR count). The van der Waals surface area contributed by atoms with Gasteiger partial charge in [-0.2, -0.15) is 0 Å². The molecule has 0 spiro atoms. The number of carbonyl (C=O) groups is 1. The summed E-state index contributed by atoms with van der Waals surface area (Å²) in [6.07, 6.45) is 4.30. The predicted octanol–water partition coefficient (Wildman–Crippen LogP) is 2.66. The van der Waals surface area contributed by atoms with Crippen LogP contribution in [0.25, 0.3) is 0 Å². The van der Waals surface area contributed by atoms with Crippen LogP contribution in [0.2, 0.25) is 0 Å². The monoisotopic (exact) mass is 260 g/mol. The summed E-state index contributed by atoms with van der Waals surface area (Å²) in [5.74, 6) is -0.226. The van der Waals surface area contributed by atoms with Crippen molar-refractivity contribution in [2.24, 2.45) is 5.92 Å². The first-order chi connectivity index (χ1) is 8.41. The van der Waals surface area contributed by atoms with Crippen LogP contribution in [0, 0.1) is 5.92 Å². The summed E-state index contributed by atoms with van der Waals surface area (Å²) in [6, 6.07) is 0. The Labute approximate surface area is 111 Å². The van der Waals surface area contributed by atoms with E-state index >= 15 is 0 Å². The fourth-order valence-corrected chi connectivity index (χ4v) is 1.95. The van der Waals surface area contributed by atoms with Crippen molar-refractivity contribution in [3.8, 4) is 0 Å². The van der Waals surface area contributed by atoms with E-state index in [0.717, 1.165) is 32.2 Å². The topological polar surface area (TPSA) is 41.1 Å². The van der Waals surface area contributed by atoms with Crippen molar-refractivity contribution in [2.75, 3.05) is 20.1 Å². The average molecular weight is 260 g/mol. The fraction of sp³-hybridized carbons (Fsp3) is 0.929. The van der Waals surface area contributed by atoms with Gasteiger partial charge in [0.25, 0.3) is 0 Å². The summed E-state index contributed by atoms with van der Waals surface area (Å²) in [5.41, 5.74) is -1.28. The molecule has 0 aromatic carbocycles. The third-order valence-corrected chi connectivity index (χ3v) is 3.26. The highest BCUT2D eigenvalue weighted by Crippen LogP contribution is 2.29. The summed E-state index contributed by atoms with van der Waals surface area (Å²) in [6.45, 7) is 6.62. The molecule has 3 nitrogen and oxygen atoms in total. The van der Waals surface area contributed by atoms with E-state index in [1.165, 1.54) is 0 Å². The minimum atomic E-state index is -1.28. The van der Waals surface area contributed by atoms with Crippen LogP contribution in [0.15, 0.2) is 0 Å². The predicted molar refractivity (Wildman–Crippen MR) is 74.4 cm³/mol. The van der Waals surface area contributed by atoms with E-state index in [4.69, 9.17) is 0 Å². The molecule has 0 saturated heterocycles. The van der Waals surface area contributed by atoms with Crippen molar-refractivity contribution in [1.82, 2.24) is 10.6 Å². The van der Waals surface area contributed by atoms with Gasteiger partial charge in [-0.1, -0.05) is 26.2 Å². The maximum atomic E-state index is 14.0. The quantitative estimate of drug-likeness (QED) is 0.593. The van der Waals surface area contributed by atoms with Crippen molar-refractivity contribution in [1.29, 1.82) is 0 Å². The maximum absolute atomic E-state index is 14.0. The number of halogens is 1. The van der Waals surface area contributed by atoms with Crippen molar-refractivity contribution in [2.45, 2.75) is 58.5 Å². The minimum absolute atomic E-state index is 0.0440. The van der Waals surface area contributed by atoms with E-state index in [-0.39, 0.29) is 18.2 Å². The molecular weight excluding hydrogens is 231 g/mol. The van der Waals surface area contributed by atoms with E-state index in [9.17, 15) is 9.18 Å². The molecule has 18 heavy (non-hydrogen) atoms. The van der Waals surface area contributed by atoms with Crippen molar-refractivity contribution >= 4 is 5.91 Å². The van der Waals surface area contributed by atoms with Gasteiger partial charge in [-0.25, -0.2) is 4.39 Å². The van der Waals surface area contributed by atoms with Gasteiger partial charge in [-0.05, 0) is 27.3 Å². The van der Waals surface area contributed by atoms with Crippen molar-refractivity contribution < 1.29 is 9.18 Å². The van der Waals surface area contributed by atoms with Gasteiger partial charge in [0, 0.05) is 25.4 Å². The van der Waals surface area contributed by atoms with Crippen LogP contribution in [0.4, 0.5) is 4.39 Å². The van der Waals surface area contributed by atoms with Crippen LogP contribution in [0.5, 0.6) is 0 Å². The molecule has 0 saturated carbocycles. The summed E-state index contributed by atoms with van der Waals surface area (Å²) < 4.78 is 14.0. The highest BCUT2D eigenvalue weighted by Gasteiger charge is 2.30. The maximum Gasteiger partial charge on any atom is 0.220 e. The Kier molecular flexibility index (Phi) is 8.98. The molecule has 1 unspecified atom stereocenters. The number of hydrogen-bond donors (Lipinski definition) is 2. The number of unbranched alkanes of at least 4 members (excludes halogenated alkanes) is 2. The Bertz CT molecular complexity index is 226. The molecule has 1 atom stereocenters. The van der Waals surface area contributed by atoms with E-state index in [0.29, 0.717) is 6.54 Å². The Morgan fingerprint density at radius 1 is 1.28 bits per heavy atom. The minimum Gasteiger partial charge on any atom is -0.355 e. The second-order valence-electron chi connectivity index (χ2n) is 5.41.